The van der Waals surface area contributed by atoms with Crippen LogP contribution in [0, 0.1) is 5.21 Å². The summed E-state index contributed by atoms with van der Waals surface area (Å²) in [4.78, 5) is 7.95. The van der Waals surface area contributed by atoms with Gasteiger partial charge < -0.3 is 10.1 Å². The second-order valence-corrected chi connectivity index (χ2v) is 5.06. The van der Waals surface area contributed by atoms with E-state index in [2.05, 4.69) is 22.5 Å². The lowest BCUT2D eigenvalue weighted by atomic mass is 10.1. The monoisotopic (exact) mass is 230 g/mol. The molecule has 6 heteroatoms. The van der Waals surface area contributed by atoms with E-state index in [1.165, 1.54) is 0 Å². The predicted octanol–water partition coefficient (Wildman–Crippen LogP) is 1.28. The van der Waals surface area contributed by atoms with Gasteiger partial charge in [-0.1, -0.05) is 6.92 Å². The Morgan fingerprint density at radius 1 is 1.56 bits per heavy atom. The minimum Gasteiger partial charge on any atom is -0.570 e. The molecule has 1 aliphatic rings. The van der Waals surface area contributed by atoms with Crippen molar-refractivity contribution in [1.82, 2.24) is 10.5 Å². The van der Waals surface area contributed by atoms with Crippen LogP contribution in [0.3, 0.4) is 0 Å². The Bertz CT molecular complexity index is 250. The van der Waals surface area contributed by atoms with E-state index in [9.17, 15) is 5.21 Å². The fourth-order valence-corrected chi connectivity index (χ4v) is 1.59. The lowest BCUT2D eigenvalue weighted by molar-refractivity contribution is -0.652. The van der Waals surface area contributed by atoms with Crippen LogP contribution in [-0.2, 0) is 4.84 Å². The first-order valence-corrected chi connectivity index (χ1v) is 5.74. The van der Waals surface area contributed by atoms with E-state index in [0.29, 0.717) is 4.97 Å². The maximum atomic E-state index is 11.3. The molecule has 0 saturated carbocycles. The Morgan fingerprint density at radius 2 is 2.25 bits per heavy atom. The smallest absolute Gasteiger partial charge is 0.119 e. The van der Waals surface area contributed by atoms with Gasteiger partial charge in [-0.25, -0.2) is 4.84 Å². The lowest BCUT2D eigenvalue weighted by Gasteiger charge is -2.13. The third-order valence-electron chi connectivity index (χ3n) is 2.36. The van der Waals surface area contributed by atoms with Gasteiger partial charge in [-0.15, -0.1) is 0 Å². The summed E-state index contributed by atoms with van der Waals surface area (Å²) in [5, 5.41) is 15.1. The molecule has 0 aromatic rings. The molecule has 1 N–H and O–H groups in total. The molecule has 1 rings (SSSR count). The molecule has 94 valence electrons. The SMILES string of the molecule is CCN1CC[C@@H](ON[N+]([O-])=NC(C)(C)C)C1. The van der Waals surface area contributed by atoms with Gasteiger partial charge in [0, 0.05) is 18.2 Å². The average molecular weight is 230 g/mol. The minimum absolute atomic E-state index is 0.0755. The van der Waals surface area contributed by atoms with Gasteiger partial charge in [0.05, 0.1) is 4.97 Å². The molecule has 16 heavy (non-hydrogen) atoms. The van der Waals surface area contributed by atoms with Gasteiger partial charge in [-0.05, 0) is 39.3 Å². The van der Waals surface area contributed by atoms with Crippen molar-refractivity contribution in [3.63, 3.8) is 0 Å². The fraction of sp³-hybridized carbons (Fsp3) is 1.00. The van der Waals surface area contributed by atoms with E-state index in [4.69, 9.17) is 4.84 Å². The Labute approximate surface area is 96.8 Å². The first kappa shape index (κ1) is 13.2. The third-order valence-corrected chi connectivity index (χ3v) is 2.36. The van der Waals surface area contributed by atoms with Crippen molar-refractivity contribution in [1.29, 1.82) is 0 Å². The molecule has 0 spiro atoms. The second kappa shape index (κ2) is 5.45. The normalized spacial score (nSPS) is 23.8. The number of likely N-dealkylation sites (N-methyl/N-ethyl adjacent to an activating group) is 1. The first-order chi connectivity index (χ1) is 7.40. The first-order valence-electron chi connectivity index (χ1n) is 5.74. The summed E-state index contributed by atoms with van der Waals surface area (Å²) < 4.78 is 0. The van der Waals surface area contributed by atoms with Crippen LogP contribution < -0.4 is 5.59 Å². The van der Waals surface area contributed by atoms with E-state index in [1.807, 2.05) is 20.8 Å². The molecular formula is C10H22N4O2. The van der Waals surface area contributed by atoms with Crippen LogP contribution in [0.1, 0.15) is 34.1 Å². The number of hydrogen-bond acceptors (Lipinski definition) is 4. The van der Waals surface area contributed by atoms with E-state index < -0.39 is 5.54 Å². The van der Waals surface area contributed by atoms with Crippen LogP contribution in [0.5, 0.6) is 0 Å². The van der Waals surface area contributed by atoms with Crippen molar-refractivity contribution in [2.24, 2.45) is 5.11 Å². The van der Waals surface area contributed by atoms with Gasteiger partial charge in [0.1, 0.15) is 11.6 Å². The number of rotatable bonds is 4. The number of hydrogen-bond donors (Lipinski definition) is 1. The highest BCUT2D eigenvalue weighted by Gasteiger charge is 2.23. The van der Waals surface area contributed by atoms with E-state index in [1.54, 1.807) is 0 Å². The zero-order valence-corrected chi connectivity index (χ0v) is 10.6. The Kier molecular flexibility index (Phi) is 4.49. The molecule has 1 aliphatic heterocycles. The zero-order chi connectivity index (χ0) is 12.2. The molecule has 0 aromatic carbocycles. The van der Waals surface area contributed by atoms with Crippen molar-refractivity contribution in [3.8, 4) is 0 Å². The lowest BCUT2D eigenvalue weighted by Crippen LogP contribution is -2.33. The molecule has 1 atom stereocenters. The standard InChI is InChI=1S/C10H22N4O2/c1-5-13-7-6-9(8-13)16-12-14(15)11-10(2,3)4/h9H,5-8H2,1-4H3,(H,11,12)/t9-/m1/s1. The van der Waals surface area contributed by atoms with E-state index in [-0.39, 0.29) is 6.10 Å². The summed E-state index contributed by atoms with van der Waals surface area (Å²) in [6, 6.07) is 0. The van der Waals surface area contributed by atoms with Gasteiger partial charge in [0.15, 0.2) is 0 Å². The molecular weight excluding hydrogens is 208 g/mol. The zero-order valence-electron chi connectivity index (χ0n) is 10.6. The highest BCUT2D eigenvalue weighted by Crippen LogP contribution is 2.11. The maximum Gasteiger partial charge on any atom is 0.119 e. The summed E-state index contributed by atoms with van der Waals surface area (Å²) in [6.07, 6.45) is 1.02. The van der Waals surface area contributed by atoms with Crippen LogP contribution in [-0.4, -0.2) is 41.1 Å². The number of likely N-dealkylation sites (tertiary alicyclic amines) is 1. The molecule has 0 amide bonds. The Hall–Kier alpha value is -0.880. The molecule has 1 saturated heterocycles. The molecule has 0 unspecified atom stereocenters. The van der Waals surface area contributed by atoms with Crippen LogP contribution in [0.15, 0.2) is 5.11 Å². The maximum absolute atomic E-state index is 11.3. The van der Waals surface area contributed by atoms with Crippen molar-refractivity contribution < 1.29 is 9.81 Å². The highest BCUT2D eigenvalue weighted by atomic mass is 16.8. The van der Waals surface area contributed by atoms with E-state index in [0.717, 1.165) is 26.1 Å². The van der Waals surface area contributed by atoms with Crippen molar-refractivity contribution >= 4 is 0 Å². The van der Waals surface area contributed by atoms with E-state index >= 15 is 0 Å². The Balaban J connectivity index is 2.28. The summed E-state index contributed by atoms with van der Waals surface area (Å²) in [7, 11) is 0. The summed E-state index contributed by atoms with van der Waals surface area (Å²) in [6.45, 7) is 10.6. The minimum atomic E-state index is -0.400. The quantitative estimate of drug-likeness (QED) is 0.449. The molecule has 6 nitrogen and oxygen atoms in total. The summed E-state index contributed by atoms with van der Waals surface area (Å²) in [5.41, 5.74) is 1.91. The molecule has 0 aromatic heterocycles. The molecule has 1 heterocycles. The van der Waals surface area contributed by atoms with Crippen LogP contribution in [0.4, 0.5) is 0 Å². The van der Waals surface area contributed by atoms with Gasteiger partial charge in [-0.3, -0.25) is 0 Å². The van der Waals surface area contributed by atoms with Crippen LogP contribution in [0.2, 0.25) is 0 Å². The van der Waals surface area contributed by atoms with Crippen LogP contribution >= 0.6 is 0 Å². The Morgan fingerprint density at radius 3 is 2.75 bits per heavy atom. The molecule has 0 radical (unpaired) electrons. The largest absolute Gasteiger partial charge is 0.570 e. The van der Waals surface area contributed by atoms with Crippen LogP contribution in [0.25, 0.3) is 0 Å². The van der Waals surface area contributed by atoms with Gasteiger partial charge in [0.25, 0.3) is 0 Å². The van der Waals surface area contributed by atoms with Crippen molar-refractivity contribution in [2.45, 2.75) is 45.8 Å². The van der Waals surface area contributed by atoms with Gasteiger partial charge in [0.2, 0.25) is 0 Å². The topological polar surface area (TPSA) is 62.9 Å². The molecule has 0 aliphatic carbocycles. The molecule has 1 fully saturated rings. The fourth-order valence-electron chi connectivity index (χ4n) is 1.59. The predicted molar refractivity (Wildman–Crippen MR) is 60.5 cm³/mol. The summed E-state index contributed by atoms with van der Waals surface area (Å²) >= 11 is 0. The third kappa shape index (κ3) is 4.76. The number of nitrogens with one attached hydrogen (secondary N) is 1. The van der Waals surface area contributed by atoms with Crippen molar-refractivity contribution in [2.75, 3.05) is 19.6 Å². The van der Waals surface area contributed by atoms with Gasteiger partial charge >= 0.3 is 0 Å². The summed E-state index contributed by atoms with van der Waals surface area (Å²) in [5.74, 6) is 0. The number of hydrazine groups is 1. The second-order valence-electron chi connectivity index (χ2n) is 5.06. The number of nitrogens with zero attached hydrogens (tertiary/aromatic N) is 3. The van der Waals surface area contributed by atoms with Crippen molar-refractivity contribution in [3.05, 3.63) is 5.21 Å². The molecule has 0 bridgehead atoms. The highest BCUT2D eigenvalue weighted by molar-refractivity contribution is 4.73. The average Bonchev–Trinajstić information content (AvgIpc) is 2.59. The van der Waals surface area contributed by atoms with Gasteiger partial charge in [-0.2, -0.15) is 0 Å².